The minimum Gasteiger partial charge on any atom is -0.403 e. The highest BCUT2D eigenvalue weighted by molar-refractivity contribution is 6.17. The molecule has 0 N–H and O–H groups in total. The number of ether oxygens (including phenoxy) is 1. The molecule has 0 heterocycles. The van der Waals surface area contributed by atoms with Crippen LogP contribution in [0.1, 0.15) is 5.56 Å². The Balaban J connectivity index is 2.89. The molecule has 14 heavy (non-hydrogen) atoms. The Labute approximate surface area is 82.2 Å². The summed E-state index contributed by atoms with van der Waals surface area (Å²) in [5.74, 6) is -1.91. The van der Waals surface area contributed by atoms with E-state index in [1.54, 1.807) is 0 Å². The Morgan fingerprint density at radius 3 is 2.36 bits per heavy atom. The van der Waals surface area contributed by atoms with Crippen molar-refractivity contribution in [3.05, 3.63) is 29.6 Å². The third-order valence-electron chi connectivity index (χ3n) is 1.38. The number of hydrogen-bond acceptors (Lipinski definition) is 1. The van der Waals surface area contributed by atoms with Gasteiger partial charge in [-0.05, 0) is 17.7 Å². The van der Waals surface area contributed by atoms with Gasteiger partial charge in [-0.2, -0.15) is 0 Å². The summed E-state index contributed by atoms with van der Waals surface area (Å²) in [5.41, 5.74) is 0.388. The first-order valence-corrected chi connectivity index (χ1v) is 4.06. The lowest BCUT2D eigenvalue weighted by molar-refractivity contribution is -0.275. The van der Waals surface area contributed by atoms with Crippen LogP contribution in [-0.4, -0.2) is 6.36 Å². The summed E-state index contributed by atoms with van der Waals surface area (Å²) in [7, 11) is 0. The second-order valence-corrected chi connectivity index (χ2v) is 2.71. The smallest absolute Gasteiger partial charge is 0.403 e. The van der Waals surface area contributed by atoms with E-state index in [-0.39, 0.29) is 5.88 Å². The molecule has 1 aromatic carbocycles. The van der Waals surface area contributed by atoms with Crippen LogP contribution in [0.15, 0.2) is 18.2 Å². The third-order valence-corrected chi connectivity index (χ3v) is 1.68. The SMILES string of the molecule is Fc1cc(CCl)ccc1OC(F)(F)F. The van der Waals surface area contributed by atoms with Crippen molar-refractivity contribution in [1.29, 1.82) is 0 Å². The van der Waals surface area contributed by atoms with Crippen molar-refractivity contribution in [3.8, 4) is 5.75 Å². The summed E-state index contributed by atoms with van der Waals surface area (Å²) in [5, 5.41) is 0. The number of halogens is 5. The van der Waals surface area contributed by atoms with Crippen LogP contribution in [0.3, 0.4) is 0 Å². The van der Waals surface area contributed by atoms with Crippen LogP contribution in [-0.2, 0) is 5.88 Å². The summed E-state index contributed by atoms with van der Waals surface area (Å²) in [6.07, 6.45) is -4.89. The van der Waals surface area contributed by atoms with Gasteiger partial charge in [0.2, 0.25) is 0 Å². The van der Waals surface area contributed by atoms with Crippen molar-refractivity contribution in [2.45, 2.75) is 12.2 Å². The van der Waals surface area contributed by atoms with Gasteiger partial charge in [-0.3, -0.25) is 0 Å². The molecule has 0 radical (unpaired) electrons. The molecule has 0 aliphatic rings. The normalized spacial score (nSPS) is 11.5. The highest BCUT2D eigenvalue weighted by atomic mass is 35.5. The van der Waals surface area contributed by atoms with Gasteiger partial charge in [0.15, 0.2) is 11.6 Å². The minimum absolute atomic E-state index is 0.0310. The topological polar surface area (TPSA) is 9.23 Å². The maximum absolute atomic E-state index is 12.9. The zero-order valence-electron chi connectivity index (χ0n) is 6.74. The highest BCUT2D eigenvalue weighted by Gasteiger charge is 2.32. The molecule has 0 unspecified atom stereocenters. The van der Waals surface area contributed by atoms with Crippen molar-refractivity contribution in [3.63, 3.8) is 0 Å². The molecule has 1 rings (SSSR count). The second kappa shape index (κ2) is 4.04. The van der Waals surface area contributed by atoms with E-state index in [0.717, 1.165) is 12.1 Å². The Morgan fingerprint density at radius 2 is 1.93 bits per heavy atom. The van der Waals surface area contributed by atoms with E-state index in [9.17, 15) is 17.6 Å². The molecule has 0 aliphatic heterocycles. The van der Waals surface area contributed by atoms with Gasteiger partial charge in [-0.15, -0.1) is 24.8 Å². The summed E-state index contributed by atoms with van der Waals surface area (Å²) in [6.45, 7) is 0. The maximum Gasteiger partial charge on any atom is 0.573 e. The number of rotatable bonds is 2. The molecule has 6 heteroatoms. The van der Waals surface area contributed by atoms with E-state index in [0.29, 0.717) is 5.56 Å². The van der Waals surface area contributed by atoms with Crippen molar-refractivity contribution in [2.24, 2.45) is 0 Å². The molecule has 0 bridgehead atoms. The average Bonchev–Trinajstić information content (AvgIpc) is 2.06. The molecule has 0 saturated heterocycles. The largest absolute Gasteiger partial charge is 0.573 e. The highest BCUT2D eigenvalue weighted by Crippen LogP contribution is 2.26. The van der Waals surface area contributed by atoms with Gasteiger partial charge >= 0.3 is 6.36 Å². The predicted octanol–water partition coefficient (Wildman–Crippen LogP) is 3.46. The van der Waals surface area contributed by atoms with Gasteiger partial charge < -0.3 is 4.74 Å². The molecule has 0 aliphatic carbocycles. The fourth-order valence-electron chi connectivity index (χ4n) is 0.835. The monoisotopic (exact) mass is 228 g/mol. The Hall–Kier alpha value is -0.970. The molecule has 0 saturated carbocycles. The lowest BCUT2D eigenvalue weighted by Gasteiger charge is -2.09. The molecular formula is C8H5ClF4O. The van der Waals surface area contributed by atoms with Gasteiger partial charge in [-0.25, -0.2) is 4.39 Å². The Kier molecular flexibility index (Phi) is 3.21. The summed E-state index contributed by atoms with van der Waals surface area (Å²) in [6, 6.07) is 3.05. The second-order valence-electron chi connectivity index (χ2n) is 2.45. The van der Waals surface area contributed by atoms with Crippen molar-refractivity contribution >= 4 is 11.6 Å². The Morgan fingerprint density at radius 1 is 1.29 bits per heavy atom. The van der Waals surface area contributed by atoms with E-state index < -0.39 is 17.9 Å². The fourth-order valence-corrected chi connectivity index (χ4v) is 1.00. The van der Waals surface area contributed by atoms with Gasteiger partial charge in [0, 0.05) is 5.88 Å². The van der Waals surface area contributed by atoms with Crippen molar-refractivity contribution in [2.75, 3.05) is 0 Å². The van der Waals surface area contributed by atoms with Crippen LogP contribution < -0.4 is 4.74 Å². The predicted molar refractivity (Wildman–Crippen MR) is 42.6 cm³/mol. The van der Waals surface area contributed by atoms with Crippen LogP contribution in [0, 0.1) is 5.82 Å². The van der Waals surface area contributed by atoms with Crippen LogP contribution >= 0.6 is 11.6 Å². The van der Waals surface area contributed by atoms with Gasteiger partial charge in [0.25, 0.3) is 0 Å². The van der Waals surface area contributed by atoms with Crippen molar-refractivity contribution < 1.29 is 22.3 Å². The first-order valence-electron chi connectivity index (χ1n) is 3.52. The first-order chi connectivity index (χ1) is 6.42. The molecule has 0 aromatic heterocycles. The van der Waals surface area contributed by atoms with E-state index in [2.05, 4.69) is 4.74 Å². The zero-order valence-corrected chi connectivity index (χ0v) is 7.49. The molecule has 0 atom stereocenters. The summed E-state index contributed by atoms with van der Waals surface area (Å²) in [4.78, 5) is 0. The molecular weight excluding hydrogens is 224 g/mol. The Bertz CT molecular complexity index is 324. The fraction of sp³-hybridized carbons (Fsp3) is 0.250. The number of benzene rings is 1. The standard InChI is InChI=1S/C8H5ClF4O/c9-4-5-1-2-7(6(10)3-5)14-8(11,12)13/h1-3H,4H2. The summed E-state index contributed by atoms with van der Waals surface area (Å²) < 4.78 is 51.4. The lowest BCUT2D eigenvalue weighted by Crippen LogP contribution is -2.17. The molecule has 78 valence electrons. The molecule has 0 amide bonds. The van der Waals surface area contributed by atoms with Crippen molar-refractivity contribution in [1.82, 2.24) is 0 Å². The van der Waals surface area contributed by atoms with Crippen LogP contribution in [0.4, 0.5) is 17.6 Å². The maximum atomic E-state index is 12.9. The quantitative estimate of drug-likeness (QED) is 0.556. The average molecular weight is 229 g/mol. The lowest BCUT2D eigenvalue weighted by atomic mass is 10.2. The zero-order chi connectivity index (χ0) is 10.8. The van der Waals surface area contributed by atoms with Crippen LogP contribution in [0.2, 0.25) is 0 Å². The number of hydrogen-bond donors (Lipinski definition) is 0. The molecule has 0 spiro atoms. The molecule has 1 nitrogen and oxygen atoms in total. The minimum atomic E-state index is -4.89. The van der Waals surface area contributed by atoms with E-state index in [1.165, 1.54) is 6.07 Å². The van der Waals surface area contributed by atoms with Gasteiger partial charge in [0.05, 0.1) is 0 Å². The van der Waals surface area contributed by atoms with Gasteiger partial charge in [-0.1, -0.05) is 6.07 Å². The first kappa shape index (κ1) is 11.1. The van der Waals surface area contributed by atoms with Crippen LogP contribution in [0.25, 0.3) is 0 Å². The third kappa shape index (κ3) is 3.06. The summed E-state index contributed by atoms with van der Waals surface area (Å²) >= 11 is 5.35. The number of alkyl halides is 4. The molecule has 0 fully saturated rings. The van der Waals surface area contributed by atoms with E-state index in [4.69, 9.17) is 11.6 Å². The van der Waals surface area contributed by atoms with Crippen LogP contribution in [0.5, 0.6) is 5.75 Å². The van der Waals surface area contributed by atoms with E-state index in [1.807, 2.05) is 0 Å². The van der Waals surface area contributed by atoms with Gasteiger partial charge in [0.1, 0.15) is 0 Å². The molecule has 1 aromatic rings. The van der Waals surface area contributed by atoms with E-state index >= 15 is 0 Å².